The molecule has 0 radical (unpaired) electrons. The smallest absolute Gasteiger partial charge is 0.337 e. The Morgan fingerprint density at radius 3 is 2.48 bits per heavy atom. The number of amides is 2. The van der Waals surface area contributed by atoms with E-state index in [1.165, 1.54) is 12.0 Å². The number of urea groups is 1. The summed E-state index contributed by atoms with van der Waals surface area (Å²) in [6.07, 6.45) is 0. The van der Waals surface area contributed by atoms with Crippen molar-refractivity contribution >= 4 is 20.1 Å². The maximum Gasteiger partial charge on any atom is 0.337 e. The van der Waals surface area contributed by atoms with Crippen LogP contribution < -0.4 is 5.32 Å². The van der Waals surface area contributed by atoms with Crippen molar-refractivity contribution in [2.45, 2.75) is 32.6 Å². The molecule has 2 amide bonds. The minimum atomic E-state index is -1.52. The van der Waals surface area contributed by atoms with Crippen LogP contribution in [0.4, 0.5) is 4.79 Å². The maximum atomic E-state index is 12.6. The van der Waals surface area contributed by atoms with E-state index in [9.17, 15) is 9.59 Å². The average molecular weight is 356 g/mol. The van der Waals surface area contributed by atoms with Crippen molar-refractivity contribution in [1.82, 2.24) is 10.2 Å². The highest BCUT2D eigenvalue weighted by Crippen LogP contribution is 2.30. The summed E-state index contributed by atoms with van der Waals surface area (Å²) in [6.45, 7) is 8.44. The molecule has 1 N–H and O–H groups in total. The number of hydrogen-bond acceptors (Lipinski definition) is 3. The molecule has 0 bridgehead atoms. The van der Waals surface area contributed by atoms with Gasteiger partial charge in [-0.15, -0.1) is 5.54 Å². The first-order valence-electron chi connectivity index (χ1n) is 8.16. The van der Waals surface area contributed by atoms with Crippen molar-refractivity contribution in [3.63, 3.8) is 0 Å². The zero-order chi connectivity index (χ0) is 18.6. The van der Waals surface area contributed by atoms with Crippen molar-refractivity contribution in [3.8, 4) is 11.5 Å². The highest BCUT2D eigenvalue weighted by molar-refractivity contribution is 6.83. The van der Waals surface area contributed by atoms with Gasteiger partial charge in [-0.1, -0.05) is 55.9 Å². The summed E-state index contributed by atoms with van der Waals surface area (Å²) in [5, 5.41) is 2.90. The molecule has 0 fully saturated rings. The molecule has 132 valence electrons. The predicted molar refractivity (Wildman–Crippen MR) is 100 cm³/mol. The van der Waals surface area contributed by atoms with Gasteiger partial charge in [0.25, 0.3) is 0 Å². The number of esters is 1. The van der Waals surface area contributed by atoms with Gasteiger partial charge in [-0.25, -0.2) is 9.59 Å². The zero-order valence-electron chi connectivity index (χ0n) is 15.3. The Morgan fingerprint density at radius 2 is 1.92 bits per heavy atom. The Kier molecular flexibility index (Phi) is 5.70. The second-order valence-corrected chi connectivity index (χ2v) is 11.7. The third-order valence-electron chi connectivity index (χ3n) is 3.84. The number of methoxy groups -OCH3 is 1. The summed E-state index contributed by atoms with van der Waals surface area (Å²) in [4.78, 5) is 26.4. The molecule has 0 saturated carbocycles. The monoisotopic (exact) mass is 356 g/mol. The molecule has 1 aromatic carbocycles. The number of hydrogen-bond donors (Lipinski definition) is 1. The van der Waals surface area contributed by atoms with E-state index in [-0.39, 0.29) is 12.6 Å². The van der Waals surface area contributed by atoms with E-state index in [2.05, 4.69) is 36.4 Å². The standard InChI is InChI=1S/C19H24N2O3Si/c1-14-16(18(22)24-2)17(15-10-7-6-8-11-15)20-19(23)21(14)12-9-13-25(3,4)5/h6-8,10-11,17H,12H2,1-5H3,(H,20,23). The molecule has 1 aromatic rings. The number of nitrogens with zero attached hydrogens (tertiary/aromatic N) is 1. The molecule has 0 saturated heterocycles. The van der Waals surface area contributed by atoms with E-state index in [1.807, 2.05) is 30.3 Å². The normalized spacial score (nSPS) is 17.6. The molecule has 1 unspecified atom stereocenters. The number of nitrogens with one attached hydrogen (secondary N) is 1. The van der Waals surface area contributed by atoms with Gasteiger partial charge in [-0.3, -0.25) is 4.90 Å². The molecular weight excluding hydrogens is 332 g/mol. The largest absolute Gasteiger partial charge is 0.466 e. The molecule has 5 nitrogen and oxygen atoms in total. The lowest BCUT2D eigenvalue weighted by Crippen LogP contribution is -2.48. The van der Waals surface area contributed by atoms with Crippen LogP contribution in [0.3, 0.4) is 0 Å². The van der Waals surface area contributed by atoms with Gasteiger partial charge in [0.1, 0.15) is 8.07 Å². The molecule has 1 aliphatic heterocycles. The molecule has 2 rings (SSSR count). The number of benzene rings is 1. The van der Waals surface area contributed by atoms with Crippen LogP contribution in [-0.2, 0) is 9.53 Å². The minimum Gasteiger partial charge on any atom is -0.466 e. The predicted octanol–water partition coefficient (Wildman–Crippen LogP) is 3.08. The lowest BCUT2D eigenvalue weighted by atomic mass is 9.95. The molecule has 1 heterocycles. The fourth-order valence-corrected chi connectivity index (χ4v) is 3.23. The molecule has 0 aliphatic carbocycles. The van der Waals surface area contributed by atoms with Crippen molar-refractivity contribution in [3.05, 3.63) is 47.2 Å². The molecule has 0 aromatic heterocycles. The zero-order valence-corrected chi connectivity index (χ0v) is 16.3. The fraction of sp³-hybridized carbons (Fsp3) is 0.368. The summed E-state index contributed by atoms with van der Waals surface area (Å²) in [5.41, 5.74) is 5.09. The van der Waals surface area contributed by atoms with Crippen LogP contribution >= 0.6 is 0 Å². The Labute approximate surface area is 150 Å². The first-order chi connectivity index (χ1) is 11.7. The number of ether oxygens (including phenoxy) is 1. The van der Waals surface area contributed by atoms with Crippen LogP contribution in [0.25, 0.3) is 0 Å². The van der Waals surface area contributed by atoms with Gasteiger partial charge < -0.3 is 10.1 Å². The SMILES string of the molecule is COC(=O)C1=C(C)N(CC#C[Si](C)(C)C)C(=O)NC1c1ccccc1. The Bertz CT molecular complexity index is 754. The molecule has 1 atom stereocenters. The quantitative estimate of drug-likeness (QED) is 0.514. The highest BCUT2D eigenvalue weighted by Gasteiger charge is 2.35. The van der Waals surface area contributed by atoms with E-state index in [0.29, 0.717) is 11.3 Å². The van der Waals surface area contributed by atoms with E-state index in [1.54, 1.807) is 6.92 Å². The lowest BCUT2D eigenvalue weighted by Gasteiger charge is -2.34. The maximum absolute atomic E-state index is 12.6. The minimum absolute atomic E-state index is 0.254. The Morgan fingerprint density at radius 1 is 1.28 bits per heavy atom. The third-order valence-corrected chi connectivity index (χ3v) is 4.76. The first-order valence-corrected chi connectivity index (χ1v) is 11.7. The number of rotatable bonds is 3. The van der Waals surface area contributed by atoms with E-state index < -0.39 is 20.1 Å². The van der Waals surface area contributed by atoms with Crippen LogP contribution in [-0.4, -0.2) is 38.6 Å². The van der Waals surface area contributed by atoms with Crippen LogP contribution in [0.2, 0.25) is 19.6 Å². The van der Waals surface area contributed by atoms with E-state index >= 15 is 0 Å². The van der Waals surface area contributed by atoms with Crippen molar-refractivity contribution < 1.29 is 14.3 Å². The van der Waals surface area contributed by atoms with Gasteiger partial charge in [-0.05, 0) is 12.5 Å². The first kappa shape index (κ1) is 18.8. The molecule has 6 heteroatoms. The van der Waals surface area contributed by atoms with E-state index in [4.69, 9.17) is 4.74 Å². The number of carbonyl (C=O) groups excluding carboxylic acids is 2. The topological polar surface area (TPSA) is 58.6 Å². The number of allylic oxidation sites excluding steroid dienone is 1. The summed E-state index contributed by atoms with van der Waals surface area (Å²) >= 11 is 0. The average Bonchev–Trinajstić information content (AvgIpc) is 2.56. The van der Waals surface area contributed by atoms with Gasteiger partial charge in [0.2, 0.25) is 0 Å². The van der Waals surface area contributed by atoms with Gasteiger partial charge >= 0.3 is 12.0 Å². The summed E-state index contributed by atoms with van der Waals surface area (Å²) < 4.78 is 4.95. The van der Waals surface area contributed by atoms with Crippen LogP contribution in [0.5, 0.6) is 0 Å². The van der Waals surface area contributed by atoms with Gasteiger partial charge in [-0.2, -0.15) is 0 Å². The third kappa shape index (κ3) is 4.52. The lowest BCUT2D eigenvalue weighted by molar-refractivity contribution is -0.136. The number of carbonyl (C=O) groups is 2. The summed E-state index contributed by atoms with van der Waals surface area (Å²) in [6, 6.07) is 8.60. The second-order valence-electron chi connectivity index (χ2n) is 6.92. The molecular formula is C19H24N2O3Si. The molecule has 0 spiro atoms. The van der Waals surface area contributed by atoms with Crippen LogP contribution in [0.1, 0.15) is 18.5 Å². The van der Waals surface area contributed by atoms with E-state index in [0.717, 1.165) is 5.56 Å². The summed E-state index contributed by atoms with van der Waals surface area (Å²) in [7, 11) is -0.181. The fourth-order valence-electron chi connectivity index (χ4n) is 2.63. The molecule has 1 aliphatic rings. The van der Waals surface area contributed by atoms with Gasteiger partial charge in [0.05, 0.1) is 25.3 Å². The van der Waals surface area contributed by atoms with Crippen LogP contribution in [0, 0.1) is 11.5 Å². The van der Waals surface area contributed by atoms with Crippen molar-refractivity contribution in [2.24, 2.45) is 0 Å². The van der Waals surface area contributed by atoms with Crippen molar-refractivity contribution in [1.29, 1.82) is 0 Å². The van der Waals surface area contributed by atoms with Gasteiger partial charge in [0.15, 0.2) is 0 Å². The Hall–Kier alpha value is -2.52. The molecule has 25 heavy (non-hydrogen) atoms. The van der Waals surface area contributed by atoms with Gasteiger partial charge in [0, 0.05) is 5.70 Å². The highest BCUT2D eigenvalue weighted by atomic mass is 28.3. The Balaban J connectivity index is 2.43. The second kappa shape index (κ2) is 7.58. The summed E-state index contributed by atoms with van der Waals surface area (Å²) in [5.74, 6) is 2.63. The van der Waals surface area contributed by atoms with Crippen LogP contribution in [0.15, 0.2) is 41.6 Å². The van der Waals surface area contributed by atoms with Crippen molar-refractivity contribution in [2.75, 3.05) is 13.7 Å².